The second kappa shape index (κ2) is 6.35. The summed E-state index contributed by atoms with van der Waals surface area (Å²) in [6.07, 6.45) is 1.76. The van der Waals surface area contributed by atoms with Gasteiger partial charge in [0.15, 0.2) is 5.82 Å². The zero-order valence-electron chi connectivity index (χ0n) is 12.8. The van der Waals surface area contributed by atoms with E-state index in [0.717, 1.165) is 22.8 Å². The molecule has 5 heteroatoms. The van der Waals surface area contributed by atoms with E-state index in [-0.39, 0.29) is 11.8 Å². The largest absolute Gasteiger partial charge is 0.508 e. The van der Waals surface area contributed by atoms with Gasteiger partial charge < -0.3 is 20.1 Å². The van der Waals surface area contributed by atoms with Gasteiger partial charge in [0.05, 0.1) is 18.8 Å². The Kier molecular flexibility index (Phi) is 4.52. The van der Waals surface area contributed by atoms with Crippen molar-refractivity contribution in [2.75, 3.05) is 31.4 Å². The Morgan fingerprint density at radius 1 is 1.29 bits per heavy atom. The molecule has 1 heterocycles. The summed E-state index contributed by atoms with van der Waals surface area (Å²) in [5.74, 6) is 1.81. The Balaban J connectivity index is 2.28. The van der Waals surface area contributed by atoms with Gasteiger partial charge in [-0.25, -0.2) is 4.98 Å². The third-order valence-electron chi connectivity index (χ3n) is 3.28. The number of phenolic OH excluding ortho intramolecular Hbond substituents is 1. The lowest BCUT2D eigenvalue weighted by molar-refractivity contribution is 0.410. The highest BCUT2D eigenvalue weighted by atomic mass is 16.5. The number of ether oxygens (including phenoxy) is 1. The van der Waals surface area contributed by atoms with E-state index in [1.54, 1.807) is 25.4 Å². The van der Waals surface area contributed by atoms with Gasteiger partial charge in [-0.2, -0.15) is 0 Å². The van der Waals surface area contributed by atoms with Gasteiger partial charge in [0.25, 0.3) is 0 Å². The summed E-state index contributed by atoms with van der Waals surface area (Å²) in [6.45, 7) is 1.99. The van der Waals surface area contributed by atoms with Gasteiger partial charge in [0.1, 0.15) is 11.5 Å². The summed E-state index contributed by atoms with van der Waals surface area (Å²) in [5.41, 5.74) is 1.69. The summed E-state index contributed by atoms with van der Waals surface area (Å²) in [5, 5.41) is 13.4. The zero-order valence-corrected chi connectivity index (χ0v) is 12.8. The molecule has 21 heavy (non-hydrogen) atoms. The van der Waals surface area contributed by atoms with Crippen LogP contribution in [0.3, 0.4) is 0 Å². The summed E-state index contributed by atoms with van der Waals surface area (Å²) in [7, 11) is 5.50. The SMILES string of the molecule is COc1ccc(O)c(C(C)Nc2cccnc2N(C)C)c1. The normalized spacial score (nSPS) is 11.8. The van der Waals surface area contributed by atoms with Crippen molar-refractivity contribution in [3.05, 3.63) is 42.1 Å². The summed E-state index contributed by atoms with van der Waals surface area (Å²) in [6, 6.07) is 8.98. The van der Waals surface area contributed by atoms with Crippen molar-refractivity contribution in [1.82, 2.24) is 4.98 Å². The lowest BCUT2D eigenvalue weighted by Gasteiger charge is -2.21. The molecule has 5 nitrogen and oxygen atoms in total. The number of hydrogen-bond acceptors (Lipinski definition) is 5. The van der Waals surface area contributed by atoms with Crippen molar-refractivity contribution in [3.63, 3.8) is 0 Å². The van der Waals surface area contributed by atoms with Crippen molar-refractivity contribution in [1.29, 1.82) is 0 Å². The summed E-state index contributed by atoms with van der Waals surface area (Å²) in [4.78, 5) is 6.30. The molecule has 0 saturated heterocycles. The number of hydrogen-bond donors (Lipinski definition) is 2. The fourth-order valence-corrected chi connectivity index (χ4v) is 2.18. The van der Waals surface area contributed by atoms with Crippen molar-refractivity contribution < 1.29 is 9.84 Å². The Bertz CT molecular complexity index is 614. The number of phenols is 1. The zero-order chi connectivity index (χ0) is 15.4. The van der Waals surface area contributed by atoms with Crippen LogP contribution < -0.4 is 15.0 Å². The maximum Gasteiger partial charge on any atom is 0.151 e. The first-order valence-electron chi connectivity index (χ1n) is 6.78. The second-order valence-corrected chi connectivity index (χ2v) is 5.06. The molecule has 0 radical (unpaired) electrons. The lowest BCUT2D eigenvalue weighted by Crippen LogP contribution is -2.15. The first-order chi connectivity index (χ1) is 10.0. The molecule has 1 aromatic heterocycles. The maximum absolute atomic E-state index is 10.0. The average molecular weight is 287 g/mol. The van der Waals surface area contributed by atoms with Crippen LogP contribution in [-0.4, -0.2) is 31.3 Å². The number of methoxy groups -OCH3 is 1. The summed E-state index contributed by atoms with van der Waals surface area (Å²) < 4.78 is 5.21. The highest BCUT2D eigenvalue weighted by Gasteiger charge is 2.14. The molecule has 1 atom stereocenters. The van der Waals surface area contributed by atoms with Gasteiger partial charge in [-0.1, -0.05) is 0 Å². The van der Waals surface area contributed by atoms with Gasteiger partial charge in [-0.05, 0) is 37.3 Å². The lowest BCUT2D eigenvalue weighted by atomic mass is 10.1. The minimum atomic E-state index is -0.0806. The van der Waals surface area contributed by atoms with Crippen LogP contribution in [0, 0.1) is 0 Å². The molecular weight excluding hydrogens is 266 g/mol. The van der Waals surface area contributed by atoms with Crippen LogP contribution in [0.4, 0.5) is 11.5 Å². The van der Waals surface area contributed by atoms with Crippen LogP contribution in [0.15, 0.2) is 36.5 Å². The average Bonchev–Trinajstić information content (AvgIpc) is 2.48. The molecule has 1 unspecified atom stereocenters. The number of nitrogens with zero attached hydrogens (tertiary/aromatic N) is 2. The fourth-order valence-electron chi connectivity index (χ4n) is 2.18. The number of rotatable bonds is 5. The fraction of sp³-hybridized carbons (Fsp3) is 0.312. The first kappa shape index (κ1) is 15.0. The number of aromatic hydroxyl groups is 1. The molecule has 2 rings (SSSR count). The molecule has 0 spiro atoms. The second-order valence-electron chi connectivity index (χ2n) is 5.06. The van der Waals surface area contributed by atoms with E-state index >= 15 is 0 Å². The number of nitrogens with one attached hydrogen (secondary N) is 1. The molecule has 0 fully saturated rings. The number of anilines is 2. The first-order valence-corrected chi connectivity index (χ1v) is 6.78. The smallest absolute Gasteiger partial charge is 0.151 e. The van der Waals surface area contributed by atoms with E-state index in [1.807, 2.05) is 44.1 Å². The van der Waals surface area contributed by atoms with E-state index in [0.29, 0.717) is 0 Å². The molecule has 0 aliphatic heterocycles. The third-order valence-corrected chi connectivity index (χ3v) is 3.28. The third kappa shape index (κ3) is 3.37. The van der Waals surface area contributed by atoms with E-state index in [4.69, 9.17) is 4.74 Å². The van der Waals surface area contributed by atoms with E-state index in [2.05, 4.69) is 10.3 Å². The molecule has 2 aromatic rings. The minimum absolute atomic E-state index is 0.0806. The molecule has 2 N–H and O–H groups in total. The number of pyridine rings is 1. The Hall–Kier alpha value is -2.43. The van der Waals surface area contributed by atoms with Crippen LogP contribution in [-0.2, 0) is 0 Å². The van der Waals surface area contributed by atoms with Crippen molar-refractivity contribution in [2.45, 2.75) is 13.0 Å². The summed E-state index contributed by atoms with van der Waals surface area (Å²) >= 11 is 0. The van der Waals surface area contributed by atoms with Gasteiger partial charge in [0.2, 0.25) is 0 Å². The number of benzene rings is 1. The topological polar surface area (TPSA) is 57.6 Å². The number of aromatic nitrogens is 1. The quantitative estimate of drug-likeness (QED) is 0.885. The molecule has 0 aliphatic rings. The Labute approximate surface area is 125 Å². The van der Waals surface area contributed by atoms with Crippen LogP contribution >= 0.6 is 0 Å². The van der Waals surface area contributed by atoms with Gasteiger partial charge >= 0.3 is 0 Å². The van der Waals surface area contributed by atoms with Gasteiger partial charge in [0, 0.05) is 25.9 Å². The van der Waals surface area contributed by atoms with Crippen LogP contribution in [0.25, 0.3) is 0 Å². The predicted octanol–water partition coefficient (Wildman–Crippen LogP) is 3.03. The molecule has 0 bridgehead atoms. The highest BCUT2D eigenvalue weighted by molar-refractivity contribution is 5.65. The molecule has 1 aromatic carbocycles. The Morgan fingerprint density at radius 2 is 2.05 bits per heavy atom. The van der Waals surface area contributed by atoms with Crippen molar-refractivity contribution in [2.24, 2.45) is 0 Å². The van der Waals surface area contributed by atoms with E-state index in [1.165, 1.54) is 0 Å². The highest BCUT2D eigenvalue weighted by Crippen LogP contribution is 2.32. The standard InChI is InChI=1S/C16H21N3O2/c1-11(13-10-12(21-4)7-8-15(13)20)18-14-6-5-9-17-16(14)19(2)3/h5-11,18,20H,1-4H3. The van der Waals surface area contributed by atoms with Crippen molar-refractivity contribution in [3.8, 4) is 11.5 Å². The van der Waals surface area contributed by atoms with E-state index < -0.39 is 0 Å². The molecule has 0 saturated carbocycles. The monoisotopic (exact) mass is 287 g/mol. The predicted molar refractivity (Wildman–Crippen MR) is 85.3 cm³/mol. The van der Waals surface area contributed by atoms with E-state index in [9.17, 15) is 5.11 Å². The van der Waals surface area contributed by atoms with Gasteiger partial charge in [-0.3, -0.25) is 0 Å². The molecule has 0 aliphatic carbocycles. The molecule has 0 amide bonds. The van der Waals surface area contributed by atoms with Crippen molar-refractivity contribution >= 4 is 11.5 Å². The Morgan fingerprint density at radius 3 is 2.71 bits per heavy atom. The van der Waals surface area contributed by atoms with Crippen LogP contribution in [0.1, 0.15) is 18.5 Å². The molecular formula is C16H21N3O2. The van der Waals surface area contributed by atoms with Crippen LogP contribution in [0.2, 0.25) is 0 Å². The molecule has 112 valence electrons. The van der Waals surface area contributed by atoms with Crippen LogP contribution in [0.5, 0.6) is 11.5 Å². The minimum Gasteiger partial charge on any atom is -0.508 e. The van der Waals surface area contributed by atoms with Gasteiger partial charge in [-0.15, -0.1) is 0 Å². The maximum atomic E-state index is 10.0.